The molecule has 0 bridgehead atoms. The lowest BCUT2D eigenvalue weighted by Crippen LogP contribution is -2.34. The SMILES string of the molecule is NC(S)C(Cc1ccccc1)C(=O)OCc1ccc([N+](=O)[O-])cc1. The summed E-state index contributed by atoms with van der Waals surface area (Å²) in [4.78, 5) is 22.4. The number of nitro groups is 1. The molecule has 2 aromatic rings. The highest BCUT2D eigenvalue weighted by atomic mass is 32.1. The topological polar surface area (TPSA) is 95.5 Å². The Labute approximate surface area is 145 Å². The molecule has 0 aliphatic carbocycles. The van der Waals surface area contributed by atoms with E-state index in [-0.39, 0.29) is 12.3 Å². The van der Waals surface area contributed by atoms with Gasteiger partial charge in [0.25, 0.3) is 5.69 Å². The summed E-state index contributed by atoms with van der Waals surface area (Å²) in [6.07, 6.45) is 0.435. The summed E-state index contributed by atoms with van der Waals surface area (Å²) in [7, 11) is 0. The number of carbonyl (C=O) groups is 1. The molecule has 0 saturated heterocycles. The van der Waals surface area contributed by atoms with E-state index in [1.807, 2.05) is 30.3 Å². The second kappa shape index (κ2) is 8.47. The third-order valence-corrected chi connectivity index (χ3v) is 3.90. The molecule has 6 nitrogen and oxygen atoms in total. The van der Waals surface area contributed by atoms with Crippen molar-refractivity contribution >= 4 is 24.3 Å². The summed E-state index contributed by atoms with van der Waals surface area (Å²) < 4.78 is 5.29. The van der Waals surface area contributed by atoms with Crippen molar-refractivity contribution in [3.8, 4) is 0 Å². The van der Waals surface area contributed by atoms with Gasteiger partial charge in [-0.2, -0.15) is 12.6 Å². The number of nitro benzene ring substituents is 1. The first-order valence-electron chi connectivity index (χ1n) is 7.35. The Morgan fingerprint density at radius 2 is 1.75 bits per heavy atom. The van der Waals surface area contributed by atoms with Crippen LogP contribution in [-0.2, 0) is 22.6 Å². The van der Waals surface area contributed by atoms with E-state index in [0.717, 1.165) is 5.56 Å². The minimum absolute atomic E-state index is 0.00980. The van der Waals surface area contributed by atoms with Crippen molar-refractivity contribution in [2.75, 3.05) is 0 Å². The number of hydrogen-bond donors (Lipinski definition) is 2. The molecule has 0 radical (unpaired) electrons. The van der Waals surface area contributed by atoms with Crippen LogP contribution in [0, 0.1) is 16.0 Å². The molecule has 0 heterocycles. The molecule has 0 saturated carbocycles. The van der Waals surface area contributed by atoms with Crippen molar-refractivity contribution in [3.63, 3.8) is 0 Å². The highest BCUT2D eigenvalue weighted by Gasteiger charge is 2.25. The van der Waals surface area contributed by atoms with Gasteiger partial charge in [0.05, 0.1) is 16.2 Å². The third-order valence-electron chi connectivity index (χ3n) is 3.54. The zero-order valence-electron chi connectivity index (χ0n) is 12.9. The number of ether oxygens (including phenoxy) is 1. The van der Waals surface area contributed by atoms with Crippen molar-refractivity contribution < 1.29 is 14.5 Å². The van der Waals surface area contributed by atoms with Gasteiger partial charge in [-0.25, -0.2) is 0 Å². The smallest absolute Gasteiger partial charge is 0.312 e. The summed E-state index contributed by atoms with van der Waals surface area (Å²) in [6, 6.07) is 15.3. The zero-order valence-corrected chi connectivity index (χ0v) is 13.8. The standard InChI is InChI=1S/C17H18N2O4S/c18-16(24)15(10-12-4-2-1-3-5-12)17(20)23-11-13-6-8-14(9-7-13)19(21)22/h1-9,15-16,24H,10-11,18H2. The zero-order chi connectivity index (χ0) is 17.5. The minimum atomic E-state index is -0.644. The molecule has 0 aromatic heterocycles. The van der Waals surface area contributed by atoms with Gasteiger partial charge in [0, 0.05) is 12.1 Å². The van der Waals surface area contributed by atoms with Crippen molar-refractivity contribution in [1.82, 2.24) is 0 Å². The van der Waals surface area contributed by atoms with Crippen LogP contribution in [-0.4, -0.2) is 16.3 Å². The van der Waals surface area contributed by atoms with Crippen molar-refractivity contribution in [1.29, 1.82) is 0 Å². The molecule has 0 fully saturated rings. The van der Waals surface area contributed by atoms with Crippen LogP contribution in [0.4, 0.5) is 5.69 Å². The van der Waals surface area contributed by atoms with E-state index >= 15 is 0 Å². The normalized spacial score (nSPS) is 13.1. The lowest BCUT2D eigenvalue weighted by atomic mass is 9.99. The van der Waals surface area contributed by atoms with Crippen LogP contribution >= 0.6 is 12.6 Å². The van der Waals surface area contributed by atoms with Gasteiger partial charge in [0.2, 0.25) is 0 Å². The first-order valence-corrected chi connectivity index (χ1v) is 7.86. The minimum Gasteiger partial charge on any atom is -0.461 e. The first-order chi connectivity index (χ1) is 11.5. The molecule has 24 heavy (non-hydrogen) atoms. The largest absolute Gasteiger partial charge is 0.461 e. The third kappa shape index (κ3) is 5.07. The van der Waals surface area contributed by atoms with E-state index in [1.54, 1.807) is 12.1 Å². The summed E-state index contributed by atoms with van der Waals surface area (Å²) in [5.41, 5.74) is 7.42. The van der Waals surface area contributed by atoms with Crippen LogP contribution in [0.1, 0.15) is 11.1 Å². The summed E-state index contributed by atoms with van der Waals surface area (Å²) >= 11 is 4.18. The van der Waals surface area contributed by atoms with E-state index in [0.29, 0.717) is 12.0 Å². The average Bonchev–Trinajstić information content (AvgIpc) is 2.58. The quantitative estimate of drug-likeness (QED) is 0.264. The summed E-state index contributed by atoms with van der Waals surface area (Å²) in [5.74, 6) is -1.02. The number of nitrogens with two attached hydrogens (primary N) is 1. The molecule has 2 rings (SSSR count). The van der Waals surface area contributed by atoms with Gasteiger partial charge in [0.1, 0.15) is 6.61 Å². The van der Waals surface area contributed by atoms with Gasteiger partial charge >= 0.3 is 5.97 Å². The average molecular weight is 346 g/mol. The van der Waals surface area contributed by atoms with Crippen molar-refractivity contribution in [3.05, 3.63) is 75.8 Å². The molecule has 0 aliphatic heterocycles. The van der Waals surface area contributed by atoms with Gasteiger partial charge in [0.15, 0.2) is 0 Å². The number of nitrogens with zero attached hydrogens (tertiary/aromatic N) is 1. The lowest BCUT2D eigenvalue weighted by molar-refractivity contribution is -0.384. The maximum atomic E-state index is 12.3. The Morgan fingerprint density at radius 1 is 1.12 bits per heavy atom. The number of thiol groups is 1. The molecule has 0 spiro atoms. The fourth-order valence-electron chi connectivity index (χ4n) is 2.19. The van der Waals surface area contributed by atoms with E-state index in [9.17, 15) is 14.9 Å². The van der Waals surface area contributed by atoms with Gasteiger partial charge in [-0.3, -0.25) is 14.9 Å². The highest BCUT2D eigenvalue weighted by Crippen LogP contribution is 2.17. The molecule has 2 N–H and O–H groups in total. The van der Waals surface area contributed by atoms with Gasteiger partial charge in [-0.1, -0.05) is 30.3 Å². The summed E-state index contributed by atoms with van der Waals surface area (Å²) in [6.45, 7) is 0.0304. The lowest BCUT2D eigenvalue weighted by Gasteiger charge is -2.19. The van der Waals surface area contributed by atoms with Crippen LogP contribution in [0.2, 0.25) is 0 Å². The van der Waals surface area contributed by atoms with Crippen LogP contribution in [0.25, 0.3) is 0 Å². The molecule has 7 heteroatoms. The van der Waals surface area contributed by atoms with Crippen LogP contribution in [0.15, 0.2) is 54.6 Å². The molecule has 2 unspecified atom stereocenters. The molecule has 2 aromatic carbocycles. The maximum Gasteiger partial charge on any atom is 0.312 e. The van der Waals surface area contributed by atoms with Crippen LogP contribution < -0.4 is 5.73 Å². The fraction of sp³-hybridized carbons (Fsp3) is 0.235. The van der Waals surface area contributed by atoms with E-state index in [2.05, 4.69) is 12.6 Å². The Morgan fingerprint density at radius 3 is 2.29 bits per heavy atom. The molecule has 126 valence electrons. The monoisotopic (exact) mass is 346 g/mol. The number of rotatable bonds is 7. The second-order valence-corrected chi connectivity index (χ2v) is 5.91. The first kappa shape index (κ1) is 18.0. The fourth-order valence-corrected chi connectivity index (χ4v) is 2.41. The number of non-ortho nitro benzene ring substituents is 1. The van der Waals surface area contributed by atoms with Crippen LogP contribution in [0.5, 0.6) is 0 Å². The Hall–Kier alpha value is -2.38. The Bertz CT molecular complexity index is 689. The molecule has 0 amide bonds. The number of hydrogen-bond acceptors (Lipinski definition) is 6. The maximum absolute atomic E-state index is 12.3. The number of benzene rings is 2. The molecular weight excluding hydrogens is 328 g/mol. The van der Waals surface area contributed by atoms with E-state index in [4.69, 9.17) is 10.5 Å². The highest BCUT2D eigenvalue weighted by molar-refractivity contribution is 7.80. The Kier molecular flexibility index (Phi) is 6.34. The molecule has 2 atom stereocenters. The van der Waals surface area contributed by atoms with Gasteiger partial charge < -0.3 is 10.5 Å². The molecular formula is C17H18N2O4S. The summed E-state index contributed by atoms with van der Waals surface area (Å²) in [5, 5.41) is 9.97. The van der Waals surface area contributed by atoms with Crippen LogP contribution in [0.3, 0.4) is 0 Å². The number of esters is 1. The Balaban J connectivity index is 1.96. The van der Waals surface area contributed by atoms with Crippen molar-refractivity contribution in [2.45, 2.75) is 18.4 Å². The van der Waals surface area contributed by atoms with E-state index < -0.39 is 22.2 Å². The number of carbonyl (C=O) groups excluding carboxylic acids is 1. The van der Waals surface area contributed by atoms with Gasteiger partial charge in [-0.05, 0) is 29.7 Å². The molecule has 0 aliphatic rings. The predicted molar refractivity (Wildman–Crippen MR) is 93.5 cm³/mol. The van der Waals surface area contributed by atoms with E-state index in [1.165, 1.54) is 12.1 Å². The van der Waals surface area contributed by atoms with Gasteiger partial charge in [-0.15, -0.1) is 0 Å². The second-order valence-electron chi connectivity index (χ2n) is 5.32. The predicted octanol–water partition coefficient (Wildman–Crippen LogP) is 2.71. The van der Waals surface area contributed by atoms with Crippen molar-refractivity contribution in [2.24, 2.45) is 11.7 Å².